The van der Waals surface area contributed by atoms with Crippen LogP contribution in [0.15, 0.2) is 41.3 Å². The lowest BCUT2D eigenvalue weighted by Gasteiger charge is -2.32. The Morgan fingerprint density at radius 1 is 1.03 bits per heavy atom. The summed E-state index contributed by atoms with van der Waals surface area (Å²) < 4.78 is 24.5. The fourth-order valence-corrected chi connectivity index (χ4v) is 4.88. The largest absolute Gasteiger partial charge is 0.416 e. The monoisotopic (exact) mass is 435 g/mol. The standard InChI is InChI=1S/C21H19ClFNO4S/c22-18-6-5-17-15(16(18)11-29-14-3-1-13(23)2-4-14)9-10-24-12-21(17)27-19(25)7-8-20(26)28-21/h1-6,24H,7-12H2. The van der Waals surface area contributed by atoms with Crippen molar-refractivity contribution >= 4 is 35.3 Å². The Morgan fingerprint density at radius 2 is 1.72 bits per heavy atom. The maximum atomic E-state index is 13.2. The Balaban J connectivity index is 1.72. The van der Waals surface area contributed by atoms with Crippen LogP contribution in [0.4, 0.5) is 4.39 Å². The van der Waals surface area contributed by atoms with Crippen molar-refractivity contribution in [2.24, 2.45) is 0 Å². The van der Waals surface area contributed by atoms with Gasteiger partial charge in [0.05, 0.1) is 19.4 Å². The molecule has 0 unspecified atom stereocenters. The third-order valence-electron chi connectivity index (χ3n) is 4.98. The van der Waals surface area contributed by atoms with Gasteiger partial charge in [0.25, 0.3) is 5.79 Å². The lowest BCUT2D eigenvalue weighted by Crippen LogP contribution is -2.43. The van der Waals surface area contributed by atoms with Gasteiger partial charge in [0.1, 0.15) is 5.82 Å². The number of hydrogen-bond acceptors (Lipinski definition) is 6. The lowest BCUT2D eigenvalue weighted by molar-refractivity contribution is -0.225. The van der Waals surface area contributed by atoms with Crippen LogP contribution in [0.2, 0.25) is 5.02 Å². The quantitative estimate of drug-likeness (QED) is 0.581. The van der Waals surface area contributed by atoms with Crippen LogP contribution in [0, 0.1) is 5.82 Å². The van der Waals surface area contributed by atoms with Gasteiger partial charge in [-0.15, -0.1) is 11.8 Å². The average molecular weight is 436 g/mol. The van der Waals surface area contributed by atoms with Crippen LogP contribution in [-0.4, -0.2) is 25.0 Å². The number of halogens is 2. The van der Waals surface area contributed by atoms with Crippen molar-refractivity contribution in [3.8, 4) is 0 Å². The molecule has 2 heterocycles. The number of ether oxygens (including phenoxy) is 2. The molecule has 2 aromatic rings. The van der Waals surface area contributed by atoms with E-state index < -0.39 is 17.7 Å². The molecule has 8 heteroatoms. The zero-order chi connectivity index (χ0) is 20.4. The van der Waals surface area contributed by atoms with E-state index >= 15 is 0 Å². The first-order chi connectivity index (χ1) is 14.0. The first-order valence-corrected chi connectivity index (χ1v) is 10.7. The zero-order valence-corrected chi connectivity index (χ0v) is 17.1. The van der Waals surface area contributed by atoms with Gasteiger partial charge in [0.2, 0.25) is 0 Å². The molecule has 4 rings (SSSR count). The van der Waals surface area contributed by atoms with Crippen molar-refractivity contribution in [3.63, 3.8) is 0 Å². The van der Waals surface area contributed by atoms with Gasteiger partial charge >= 0.3 is 11.9 Å². The molecule has 1 saturated heterocycles. The Labute approximate surface area is 176 Å². The molecule has 1 fully saturated rings. The number of benzene rings is 2. The van der Waals surface area contributed by atoms with Gasteiger partial charge < -0.3 is 14.8 Å². The highest BCUT2D eigenvalue weighted by molar-refractivity contribution is 7.98. The Bertz CT molecular complexity index is 932. The first-order valence-electron chi connectivity index (χ1n) is 9.30. The number of rotatable bonds is 3. The number of carbonyl (C=O) groups is 2. The number of hydrogen-bond donors (Lipinski definition) is 1. The van der Waals surface area contributed by atoms with Crippen LogP contribution in [0.3, 0.4) is 0 Å². The minimum atomic E-state index is -1.49. The Hall–Kier alpha value is -2.09. The van der Waals surface area contributed by atoms with E-state index in [0.717, 1.165) is 16.0 Å². The molecule has 0 aliphatic carbocycles. The molecule has 2 aliphatic heterocycles. The van der Waals surface area contributed by atoms with Gasteiger partial charge in [-0.1, -0.05) is 11.6 Å². The second kappa shape index (κ2) is 8.34. The highest BCUT2D eigenvalue weighted by atomic mass is 35.5. The molecular weight excluding hydrogens is 417 g/mol. The van der Waals surface area contributed by atoms with E-state index in [4.69, 9.17) is 21.1 Å². The SMILES string of the molecule is O=C1CCC(=O)OC2(CNCCc3c2ccc(Cl)c3CSc2ccc(F)cc2)O1. The van der Waals surface area contributed by atoms with Gasteiger partial charge in [-0.3, -0.25) is 9.59 Å². The van der Waals surface area contributed by atoms with E-state index in [-0.39, 0.29) is 25.2 Å². The fourth-order valence-electron chi connectivity index (χ4n) is 3.59. The minimum Gasteiger partial charge on any atom is -0.416 e. The summed E-state index contributed by atoms with van der Waals surface area (Å²) in [7, 11) is 0. The van der Waals surface area contributed by atoms with Gasteiger partial charge in [0, 0.05) is 21.2 Å². The van der Waals surface area contributed by atoms with Crippen LogP contribution in [0.1, 0.15) is 29.5 Å². The zero-order valence-electron chi connectivity index (χ0n) is 15.5. The molecule has 1 spiro atoms. The summed E-state index contributed by atoms with van der Waals surface area (Å²) in [6.07, 6.45) is 0.639. The molecule has 0 atom stereocenters. The number of fused-ring (bicyclic) bond motifs is 2. The highest BCUT2D eigenvalue weighted by Gasteiger charge is 2.45. The van der Waals surface area contributed by atoms with E-state index in [1.54, 1.807) is 24.3 Å². The predicted octanol–water partition coefficient (Wildman–Crippen LogP) is 3.95. The van der Waals surface area contributed by atoms with Crippen LogP contribution in [0.25, 0.3) is 0 Å². The summed E-state index contributed by atoms with van der Waals surface area (Å²) >= 11 is 8.04. The van der Waals surface area contributed by atoms with Gasteiger partial charge in [-0.2, -0.15) is 0 Å². The van der Waals surface area contributed by atoms with E-state index in [0.29, 0.717) is 29.3 Å². The smallest absolute Gasteiger partial charge is 0.309 e. The molecule has 0 radical (unpaired) electrons. The summed E-state index contributed by atoms with van der Waals surface area (Å²) in [6.45, 7) is 0.808. The Kier molecular flexibility index (Phi) is 5.81. The second-order valence-corrected chi connectivity index (χ2v) is 8.38. The van der Waals surface area contributed by atoms with E-state index in [2.05, 4.69) is 5.32 Å². The summed E-state index contributed by atoms with van der Waals surface area (Å²) in [5.41, 5.74) is 2.43. The molecule has 0 aromatic heterocycles. The third-order valence-corrected chi connectivity index (χ3v) is 6.37. The van der Waals surface area contributed by atoms with Gasteiger partial charge in [-0.05, 0) is 60.5 Å². The molecule has 29 heavy (non-hydrogen) atoms. The number of carbonyl (C=O) groups excluding carboxylic acids is 2. The molecule has 0 amide bonds. The molecule has 2 aliphatic rings. The van der Waals surface area contributed by atoms with Crippen molar-refractivity contribution < 1.29 is 23.5 Å². The van der Waals surface area contributed by atoms with E-state index in [1.807, 2.05) is 0 Å². The lowest BCUT2D eigenvalue weighted by atomic mass is 9.94. The van der Waals surface area contributed by atoms with Crippen molar-refractivity contribution in [2.45, 2.75) is 35.7 Å². The van der Waals surface area contributed by atoms with Crippen LogP contribution in [-0.2, 0) is 37.0 Å². The molecule has 2 aromatic carbocycles. The van der Waals surface area contributed by atoms with Crippen molar-refractivity contribution in [1.29, 1.82) is 0 Å². The average Bonchev–Trinajstić information content (AvgIpc) is 2.95. The molecular formula is C21H19ClFNO4S. The Morgan fingerprint density at radius 3 is 2.41 bits per heavy atom. The number of thioether (sulfide) groups is 1. The number of nitrogens with one attached hydrogen (secondary N) is 1. The third kappa shape index (κ3) is 4.27. The molecule has 152 valence electrons. The maximum absolute atomic E-state index is 13.2. The van der Waals surface area contributed by atoms with Crippen molar-refractivity contribution in [1.82, 2.24) is 5.32 Å². The molecule has 1 N–H and O–H groups in total. The van der Waals surface area contributed by atoms with E-state index in [9.17, 15) is 14.0 Å². The summed E-state index contributed by atoms with van der Waals surface area (Å²) in [4.78, 5) is 25.3. The predicted molar refractivity (Wildman–Crippen MR) is 107 cm³/mol. The van der Waals surface area contributed by atoms with Crippen molar-refractivity contribution in [2.75, 3.05) is 13.1 Å². The highest BCUT2D eigenvalue weighted by Crippen LogP contribution is 2.39. The number of esters is 2. The fraction of sp³-hybridized carbons (Fsp3) is 0.333. The van der Waals surface area contributed by atoms with Gasteiger partial charge in [0.15, 0.2) is 0 Å². The molecule has 0 bridgehead atoms. The van der Waals surface area contributed by atoms with Crippen LogP contribution < -0.4 is 5.32 Å². The van der Waals surface area contributed by atoms with Crippen LogP contribution in [0.5, 0.6) is 0 Å². The molecule has 0 saturated carbocycles. The maximum Gasteiger partial charge on any atom is 0.309 e. The second-order valence-electron chi connectivity index (χ2n) is 6.92. The minimum absolute atomic E-state index is 0.00319. The summed E-state index contributed by atoms with van der Waals surface area (Å²) in [5, 5.41) is 3.79. The van der Waals surface area contributed by atoms with Crippen molar-refractivity contribution in [3.05, 3.63) is 63.9 Å². The summed E-state index contributed by atoms with van der Waals surface area (Å²) in [5.74, 6) is -2.17. The van der Waals surface area contributed by atoms with Crippen LogP contribution >= 0.6 is 23.4 Å². The van der Waals surface area contributed by atoms with E-state index in [1.165, 1.54) is 23.9 Å². The topological polar surface area (TPSA) is 64.6 Å². The molecule has 5 nitrogen and oxygen atoms in total. The first kappa shape index (κ1) is 20.2. The normalized spacial score (nSPS) is 18.4. The van der Waals surface area contributed by atoms with Gasteiger partial charge in [-0.25, -0.2) is 4.39 Å². The summed E-state index contributed by atoms with van der Waals surface area (Å²) in [6, 6.07) is 9.77.